The van der Waals surface area contributed by atoms with Crippen molar-refractivity contribution in [1.82, 2.24) is 25.3 Å². The Hall–Kier alpha value is -2.53. The number of pyridine rings is 1. The number of likely N-dealkylation sites (N-methyl/N-ethyl adjacent to an activating group) is 1. The minimum atomic E-state index is 0.129. The summed E-state index contributed by atoms with van der Waals surface area (Å²) in [6.07, 6.45) is 6.32. The van der Waals surface area contributed by atoms with Crippen molar-refractivity contribution < 1.29 is 0 Å². The standard InChI is InChI=1S/C16H17N5/c1-17-15(10-13-6-5-9-18-11-13)16-12-19-20-21(16)14-7-3-2-4-8-14/h2-9,11-12,15,17H,10H2,1H3. The van der Waals surface area contributed by atoms with Gasteiger partial charge in [-0.2, -0.15) is 0 Å². The molecule has 1 aromatic carbocycles. The van der Waals surface area contributed by atoms with Gasteiger partial charge in [-0.25, -0.2) is 4.68 Å². The van der Waals surface area contributed by atoms with Crippen LogP contribution in [0.4, 0.5) is 0 Å². The van der Waals surface area contributed by atoms with Gasteiger partial charge in [0.05, 0.1) is 23.6 Å². The number of nitrogens with one attached hydrogen (secondary N) is 1. The molecule has 0 spiro atoms. The van der Waals surface area contributed by atoms with E-state index in [1.54, 1.807) is 6.20 Å². The number of hydrogen-bond acceptors (Lipinski definition) is 4. The van der Waals surface area contributed by atoms with Crippen molar-refractivity contribution in [3.63, 3.8) is 0 Å². The van der Waals surface area contributed by atoms with Gasteiger partial charge in [0.15, 0.2) is 0 Å². The van der Waals surface area contributed by atoms with E-state index in [0.717, 1.165) is 17.8 Å². The van der Waals surface area contributed by atoms with Crippen molar-refractivity contribution in [3.05, 3.63) is 72.3 Å². The Morgan fingerprint density at radius 1 is 1.10 bits per heavy atom. The van der Waals surface area contributed by atoms with Gasteiger partial charge in [0.1, 0.15) is 0 Å². The van der Waals surface area contributed by atoms with Gasteiger partial charge in [-0.1, -0.05) is 29.5 Å². The second-order valence-electron chi connectivity index (χ2n) is 4.81. The minimum absolute atomic E-state index is 0.129. The Morgan fingerprint density at radius 2 is 1.95 bits per heavy atom. The lowest BCUT2D eigenvalue weighted by Gasteiger charge is -2.17. The third-order valence-corrected chi connectivity index (χ3v) is 3.44. The molecule has 1 atom stereocenters. The molecule has 2 heterocycles. The summed E-state index contributed by atoms with van der Waals surface area (Å²) < 4.78 is 1.87. The Kier molecular flexibility index (Phi) is 4.02. The molecule has 2 aromatic heterocycles. The lowest BCUT2D eigenvalue weighted by atomic mass is 10.1. The highest BCUT2D eigenvalue weighted by atomic mass is 15.4. The molecule has 1 unspecified atom stereocenters. The maximum absolute atomic E-state index is 4.21. The van der Waals surface area contributed by atoms with Crippen LogP contribution in [0.1, 0.15) is 17.3 Å². The predicted molar refractivity (Wildman–Crippen MR) is 81.1 cm³/mol. The van der Waals surface area contributed by atoms with E-state index in [4.69, 9.17) is 0 Å². The Balaban J connectivity index is 1.90. The summed E-state index contributed by atoms with van der Waals surface area (Å²) in [6.45, 7) is 0. The van der Waals surface area contributed by atoms with Gasteiger partial charge >= 0.3 is 0 Å². The number of hydrogen-bond donors (Lipinski definition) is 1. The van der Waals surface area contributed by atoms with E-state index in [0.29, 0.717) is 0 Å². The predicted octanol–water partition coefficient (Wildman–Crippen LogP) is 2.17. The second kappa shape index (κ2) is 6.28. The highest BCUT2D eigenvalue weighted by molar-refractivity contribution is 5.32. The number of aromatic nitrogens is 4. The van der Waals surface area contributed by atoms with Gasteiger partial charge in [0, 0.05) is 12.4 Å². The lowest BCUT2D eigenvalue weighted by molar-refractivity contribution is 0.554. The minimum Gasteiger partial charge on any atom is -0.311 e. The summed E-state index contributed by atoms with van der Waals surface area (Å²) in [4.78, 5) is 4.17. The van der Waals surface area contributed by atoms with Crippen molar-refractivity contribution in [2.24, 2.45) is 0 Å². The molecule has 0 aliphatic rings. The molecular formula is C16H17N5. The van der Waals surface area contributed by atoms with Crippen LogP contribution in [0.5, 0.6) is 0 Å². The van der Waals surface area contributed by atoms with Crippen molar-refractivity contribution in [1.29, 1.82) is 0 Å². The summed E-state index contributed by atoms with van der Waals surface area (Å²) in [5.74, 6) is 0. The van der Waals surface area contributed by atoms with Gasteiger partial charge in [0.2, 0.25) is 0 Å². The van der Waals surface area contributed by atoms with Gasteiger partial charge in [-0.3, -0.25) is 4.98 Å². The first-order chi connectivity index (χ1) is 10.4. The smallest absolute Gasteiger partial charge is 0.0818 e. The molecule has 21 heavy (non-hydrogen) atoms. The van der Waals surface area contributed by atoms with Crippen LogP contribution in [0.25, 0.3) is 5.69 Å². The molecule has 5 nitrogen and oxygen atoms in total. The van der Waals surface area contributed by atoms with Crippen LogP contribution < -0.4 is 5.32 Å². The number of nitrogens with zero attached hydrogens (tertiary/aromatic N) is 4. The zero-order chi connectivity index (χ0) is 14.5. The molecule has 0 fully saturated rings. The average Bonchev–Trinajstić information content (AvgIpc) is 3.04. The second-order valence-corrected chi connectivity index (χ2v) is 4.81. The van der Waals surface area contributed by atoms with Crippen molar-refractivity contribution in [2.45, 2.75) is 12.5 Å². The van der Waals surface area contributed by atoms with E-state index in [-0.39, 0.29) is 6.04 Å². The van der Waals surface area contributed by atoms with E-state index in [1.807, 2.05) is 60.5 Å². The average molecular weight is 279 g/mol. The molecule has 0 amide bonds. The van der Waals surface area contributed by atoms with Crippen molar-refractivity contribution in [2.75, 3.05) is 7.05 Å². The van der Waals surface area contributed by atoms with E-state index < -0.39 is 0 Å². The quantitative estimate of drug-likeness (QED) is 0.777. The van der Waals surface area contributed by atoms with E-state index in [2.05, 4.69) is 26.7 Å². The summed E-state index contributed by atoms with van der Waals surface area (Å²) in [5.41, 5.74) is 3.22. The van der Waals surface area contributed by atoms with E-state index >= 15 is 0 Å². The van der Waals surface area contributed by atoms with Crippen LogP contribution in [0.2, 0.25) is 0 Å². The number of rotatable bonds is 5. The molecule has 3 rings (SSSR count). The Labute approximate surface area is 123 Å². The first-order valence-corrected chi connectivity index (χ1v) is 6.90. The van der Waals surface area contributed by atoms with Gasteiger partial charge in [-0.05, 0) is 37.2 Å². The lowest BCUT2D eigenvalue weighted by Crippen LogP contribution is -2.22. The molecule has 0 aliphatic carbocycles. The summed E-state index contributed by atoms with van der Waals surface area (Å²) in [7, 11) is 1.95. The molecule has 106 valence electrons. The van der Waals surface area contributed by atoms with Crippen LogP contribution in [0.15, 0.2) is 61.1 Å². The van der Waals surface area contributed by atoms with Gasteiger partial charge < -0.3 is 5.32 Å². The fraction of sp³-hybridized carbons (Fsp3) is 0.188. The monoisotopic (exact) mass is 279 g/mol. The molecule has 3 aromatic rings. The highest BCUT2D eigenvalue weighted by Gasteiger charge is 2.17. The van der Waals surface area contributed by atoms with Gasteiger partial charge in [-0.15, -0.1) is 5.10 Å². The van der Waals surface area contributed by atoms with Crippen LogP contribution in [-0.2, 0) is 6.42 Å². The number of benzene rings is 1. The summed E-state index contributed by atoms with van der Waals surface area (Å²) in [6, 6.07) is 14.2. The SMILES string of the molecule is CNC(Cc1cccnc1)c1cnnn1-c1ccccc1. The fourth-order valence-corrected chi connectivity index (χ4v) is 2.36. The molecule has 1 N–H and O–H groups in total. The van der Waals surface area contributed by atoms with Crippen molar-refractivity contribution in [3.8, 4) is 5.69 Å². The Bertz CT molecular complexity index is 678. The molecule has 0 radical (unpaired) electrons. The molecule has 0 saturated carbocycles. The zero-order valence-electron chi connectivity index (χ0n) is 11.8. The molecule has 5 heteroatoms. The molecule has 0 bridgehead atoms. The zero-order valence-corrected chi connectivity index (χ0v) is 11.8. The van der Waals surface area contributed by atoms with Gasteiger partial charge in [0.25, 0.3) is 0 Å². The summed E-state index contributed by atoms with van der Waals surface area (Å²) in [5, 5.41) is 11.6. The van der Waals surface area contributed by atoms with E-state index in [9.17, 15) is 0 Å². The molecule has 0 aliphatic heterocycles. The van der Waals surface area contributed by atoms with Crippen LogP contribution in [0.3, 0.4) is 0 Å². The van der Waals surface area contributed by atoms with Crippen LogP contribution in [0, 0.1) is 0 Å². The maximum atomic E-state index is 4.21. The topological polar surface area (TPSA) is 55.6 Å². The van der Waals surface area contributed by atoms with Crippen molar-refractivity contribution >= 4 is 0 Å². The third kappa shape index (κ3) is 2.98. The molecule has 0 saturated heterocycles. The normalized spacial score (nSPS) is 12.2. The van der Waals surface area contributed by atoms with Crippen LogP contribution in [-0.4, -0.2) is 27.0 Å². The third-order valence-electron chi connectivity index (χ3n) is 3.44. The highest BCUT2D eigenvalue weighted by Crippen LogP contribution is 2.19. The maximum Gasteiger partial charge on any atom is 0.0818 e. The van der Waals surface area contributed by atoms with Crippen LogP contribution >= 0.6 is 0 Å². The first-order valence-electron chi connectivity index (χ1n) is 6.90. The molecular weight excluding hydrogens is 262 g/mol. The van der Waals surface area contributed by atoms with E-state index in [1.165, 1.54) is 5.56 Å². The Morgan fingerprint density at radius 3 is 2.67 bits per heavy atom. The summed E-state index contributed by atoms with van der Waals surface area (Å²) >= 11 is 0. The largest absolute Gasteiger partial charge is 0.311 e. The number of para-hydroxylation sites is 1. The fourth-order valence-electron chi connectivity index (χ4n) is 2.36. The first kappa shape index (κ1) is 13.5.